The molecule has 0 saturated carbocycles. The monoisotopic (exact) mass is 654 g/mol. The first-order chi connectivity index (χ1) is 22.9. The Hall–Kier alpha value is -4.14. The van der Waals surface area contributed by atoms with E-state index in [2.05, 4.69) is 28.5 Å². The second kappa shape index (κ2) is 13.2. The number of allylic oxidation sites excluding steroid dienone is 1. The van der Waals surface area contributed by atoms with E-state index in [-0.39, 0.29) is 24.4 Å². The zero-order valence-corrected chi connectivity index (χ0v) is 27.9. The van der Waals surface area contributed by atoms with E-state index in [9.17, 15) is 9.18 Å². The average molecular weight is 655 g/mol. The molecule has 1 saturated heterocycles. The molecule has 7 nitrogen and oxygen atoms in total. The van der Waals surface area contributed by atoms with Crippen LogP contribution in [0.5, 0.6) is 5.75 Å². The predicted molar refractivity (Wildman–Crippen MR) is 185 cm³/mol. The minimum Gasteiger partial charge on any atom is -0.493 e. The van der Waals surface area contributed by atoms with Gasteiger partial charge in [0.2, 0.25) is 0 Å². The number of hydrogen-bond donors (Lipinski definition) is 0. The van der Waals surface area contributed by atoms with Crippen molar-refractivity contribution in [2.45, 2.75) is 58.5 Å². The minimum atomic E-state index is -0.344. The summed E-state index contributed by atoms with van der Waals surface area (Å²) in [6.45, 7) is 7.04. The van der Waals surface area contributed by atoms with Crippen LogP contribution in [0.25, 0.3) is 32.8 Å². The number of rotatable bonds is 8. The number of nitrogens with zero attached hydrogens (tertiary/aromatic N) is 4. The summed E-state index contributed by atoms with van der Waals surface area (Å²) < 4.78 is 29.9. The van der Waals surface area contributed by atoms with Gasteiger partial charge in [0.15, 0.2) is 0 Å². The van der Waals surface area contributed by atoms with Gasteiger partial charge in [-0.2, -0.15) is 5.10 Å². The van der Waals surface area contributed by atoms with Gasteiger partial charge in [-0.05, 0) is 86.9 Å². The summed E-state index contributed by atoms with van der Waals surface area (Å²) in [5.41, 5.74) is 6.62. The maximum atomic E-state index is 13.8. The van der Waals surface area contributed by atoms with Gasteiger partial charge in [0.1, 0.15) is 17.3 Å². The van der Waals surface area contributed by atoms with E-state index in [0.717, 1.165) is 82.1 Å². The van der Waals surface area contributed by atoms with Crippen LogP contribution in [-0.2, 0) is 31.2 Å². The standard InChI is InChI=1S/C38H40ClFN4O3/c1-4-30-34-33-29(39)18-17-28-27(12-10-22-47-32-14-8-11-24-23-25(40)15-16-26(24)32)37(38(45)46-5-2)44(36(28)33)21-7-6-19-43-20-9-13-31(43)35(34)41-42(30)3/h6-8,11,14-18,23,31H,4-5,9-10,12-13,19-22H2,1-3H3/b7-6-. The van der Waals surface area contributed by atoms with Crippen LogP contribution in [0.4, 0.5) is 4.39 Å². The van der Waals surface area contributed by atoms with E-state index in [1.54, 1.807) is 6.07 Å². The second-order valence-corrected chi connectivity index (χ2v) is 12.8. The number of halogens is 2. The van der Waals surface area contributed by atoms with Crippen molar-refractivity contribution in [1.82, 2.24) is 19.2 Å². The molecular formula is C38H40ClFN4O3. The van der Waals surface area contributed by atoms with E-state index in [0.29, 0.717) is 42.5 Å². The summed E-state index contributed by atoms with van der Waals surface area (Å²) in [5, 5.41) is 8.42. The Labute approximate surface area is 279 Å². The van der Waals surface area contributed by atoms with Crippen molar-refractivity contribution in [3.8, 4) is 16.9 Å². The lowest BCUT2D eigenvalue weighted by molar-refractivity contribution is 0.0513. The second-order valence-electron chi connectivity index (χ2n) is 12.4. The van der Waals surface area contributed by atoms with E-state index in [4.69, 9.17) is 26.2 Å². The van der Waals surface area contributed by atoms with Gasteiger partial charge in [-0.3, -0.25) is 9.58 Å². The van der Waals surface area contributed by atoms with Gasteiger partial charge >= 0.3 is 5.97 Å². The third-order valence-corrected chi connectivity index (χ3v) is 9.94. The molecule has 2 aliphatic heterocycles. The minimum absolute atomic E-state index is 0.195. The highest BCUT2D eigenvalue weighted by atomic mass is 35.5. The molecule has 3 aromatic carbocycles. The first-order valence-corrected chi connectivity index (χ1v) is 17.1. The smallest absolute Gasteiger partial charge is 0.355 e. The summed E-state index contributed by atoms with van der Waals surface area (Å²) in [6.07, 6.45) is 8.59. The number of carbonyl (C=O) groups is 1. The van der Waals surface area contributed by atoms with Crippen LogP contribution in [0.1, 0.15) is 66.6 Å². The fraction of sp³-hybridized carbons (Fsp3) is 0.368. The summed E-state index contributed by atoms with van der Waals surface area (Å²) in [6, 6.07) is 14.6. The molecule has 1 atom stereocenters. The molecule has 9 heteroatoms. The van der Waals surface area contributed by atoms with Crippen molar-refractivity contribution >= 4 is 39.2 Å². The summed E-state index contributed by atoms with van der Waals surface area (Å²) in [4.78, 5) is 16.3. The topological polar surface area (TPSA) is 61.5 Å². The molecule has 4 heterocycles. The molecule has 2 aromatic heterocycles. The molecule has 0 radical (unpaired) electrons. The Morgan fingerprint density at radius 1 is 1.06 bits per heavy atom. The number of aryl methyl sites for hydroxylation is 2. The molecule has 5 aromatic rings. The van der Waals surface area contributed by atoms with Gasteiger partial charge in [-0.15, -0.1) is 0 Å². The first-order valence-electron chi connectivity index (χ1n) is 16.7. The van der Waals surface area contributed by atoms with Gasteiger partial charge in [-0.25, -0.2) is 9.18 Å². The molecule has 244 valence electrons. The predicted octanol–water partition coefficient (Wildman–Crippen LogP) is 8.44. The van der Waals surface area contributed by atoms with Gasteiger partial charge < -0.3 is 14.0 Å². The normalized spacial score (nSPS) is 17.0. The quantitative estimate of drug-likeness (QED) is 0.0955. The number of fused-ring (bicyclic) bond motifs is 5. The third kappa shape index (κ3) is 5.61. The first kappa shape index (κ1) is 31.5. The average Bonchev–Trinajstić information content (AvgIpc) is 3.74. The SMILES string of the molecule is CCOC(=O)c1c(CCCOc2cccc3cc(F)ccc23)c2ccc(Cl)c3c2n1C/C=C\CN1CCCC1c1nn(C)c(CC)c1-3. The fourth-order valence-electron chi connectivity index (χ4n) is 7.62. The van der Waals surface area contributed by atoms with Crippen LogP contribution in [0.2, 0.25) is 5.02 Å². The molecule has 0 N–H and O–H groups in total. The molecule has 0 spiro atoms. The Balaban J connectivity index is 1.35. The van der Waals surface area contributed by atoms with Crippen molar-refractivity contribution in [3.63, 3.8) is 0 Å². The molecule has 0 amide bonds. The van der Waals surface area contributed by atoms with Gasteiger partial charge in [0.05, 0.1) is 35.5 Å². The van der Waals surface area contributed by atoms with Crippen molar-refractivity contribution in [2.75, 3.05) is 26.3 Å². The van der Waals surface area contributed by atoms with Gasteiger partial charge in [0, 0.05) is 47.7 Å². The number of benzene rings is 3. The highest BCUT2D eigenvalue weighted by Gasteiger charge is 2.35. The van der Waals surface area contributed by atoms with E-state index in [1.807, 2.05) is 49.0 Å². The van der Waals surface area contributed by atoms with Crippen molar-refractivity contribution in [1.29, 1.82) is 0 Å². The maximum Gasteiger partial charge on any atom is 0.355 e. The number of ether oxygens (including phenoxy) is 2. The molecule has 0 aliphatic carbocycles. The highest BCUT2D eigenvalue weighted by Crippen LogP contribution is 2.46. The Bertz CT molecular complexity index is 2010. The van der Waals surface area contributed by atoms with Crippen molar-refractivity contribution in [2.24, 2.45) is 7.05 Å². The van der Waals surface area contributed by atoms with E-state index in [1.165, 1.54) is 12.1 Å². The van der Waals surface area contributed by atoms with E-state index >= 15 is 0 Å². The molecule has 7 rings (SSSR count). The molecule has 2 aliphatic rings. The molecule has 1 unspecified atom stereocenters. The number of hydrogen-bond acceptors (Lipinski definition) is 5. The van der Waals surface area contributed by atoms with Crippen LogP contribution >= 0.6 is 11.6 Å². The summed E-state index contributed by atoms with van der Waals surface area (Å²) in [5.74, 6) is 0.0908. The lowest BCUT2D eigenvalue weighted by Gasteiger charge is -2.23. The van der Waals surface area contributed by atoms with Crippen LogP contribution in [0.15, 0.2) is 60.7 Å². The zero-order chi connectivity index (χ0) is 32.7. The van der Waals surface area contributed by atoms with Crippen molar-refractivity contribution < 1.29 is 18.7 Å². The third-order valence-electron chi connectivity index (χ3n) is 9.63. The molecular weight excluding hydrogens is 615 g/mol. The van der Waals surface area contributed by atoms with Crippen LogP contribution in [0.3, 0.4) is 0 Å². The van der Waals surface area contributed by atoms with Gasteiger partial charge in [0.25, 0.3) is 0 Å². The van der Waals surface area contributed by atoms with Crippen molar-refractivity contribution in [3.05, 3.63) is 94.2 Å². The van der Waals surface area contributed by atoms with Crippen LogP contribution in [0, 0.1) is 5.82 Å². The Kier molecular flexibility index (Phi) is 8.81. The highest BCUT2D eigenvalue weighted by molar-refractivity contribution is 6.35. The number of aromatic nitrogens is 3. The molecule has 47 heavy (non-hydrogen) atoms. The summed E-state index contributed by atoms with van der Waals surface area (Å²) >= 11 is 7.19. The van der Waals surface area contributed by atoms with E-state index < -0.39 is 0 Å². The fourth-order valence-corrected chi connectivity index (χ4v) is 7.86. The largest absolute Gasteiger partial charge is 0.493 e. The van der Waals surface area contributed by atoms with Crippen LogP contribution < -0.4 is 4.74 Å². The van der Waals surface area contributed by atoms with Crippen LogP contribution in [-0.4, -0.2) is 51.5 Å². The number of carbonyl (C=O) groups excluding carboxylic acids is 1. The number of esters is 1. The molecule has 1 fully saturated rings. The van der Waals surface area contributed by atoms with Gasteiger partial charge in [-0.1, -0.05) is 48.9 Å². The Morgan fingerprint density at radius 3 is 2.72 bits per heavy atom. The maximum absolute atomic E-state index is 13.8. The Morgan fingerprint density at radius 2 is 1.89 bits per heavy atom. The zero-order valence-electron chi connectivity index (χ0n) is 27.2. The summed E-state index contributed by atoms with van der Waals surface area (Å²) in [7, 11) is 2.02. The lowest BCUT2D eigenvalue weighted by atomic mass is 9.94. The molecule has 0 bridgehead atoms. The lowest BCUT2D eigenvalue weighted by Crippen LogP contribution is -2.24.